The van der Waals surface area contributed by atoms with Crippen LogP contribution in [0, 0.1) is 6.92 Å². The molecule has 28 heavy (non-hydrogen) atoms. The van der Waals surface area contributed by atoms with Gasteiger partial charge < -0.3 is 14.5 Å². The van der Waals surface area contributed by atoms with Crippen molar-refractivity contribution in [3.05, 3.63) is 47.4 Å². The van der Waals surface area contributed by atoms with E-state index in [1.807, 2.05) is 0 Å². The molecule has 1 atom stereocenters. The summed E-state index contributed by atoms with van der Waals surface area (Å²) in [7, 11) is 0. The van der Waals surface area contributed by atoms with Crippen LogP contribution >= 0.6 is 0 Å². The number of carbonyl (C=O) groups is 3. The van der Waals surface area contributed by atoms with E-state index in [0.717, 1.165) is 23.1 Å². The van der Waals surface area contributed by atoms with Gasteiger partial charge in [0.2, 0.25) is 5.91 Å². The predicted molar refractivity (Wildman–Crippen MR) is 90.7 cm³/mol. The zero-order valence-electron chi connectivity index (χ0n) is 14.8. The lowest BCUT2D eigenvalue weighted by molar-refractivity contribution is -0.137. The van der Waals surface area contributed by atoms with Gasteiger partial charge in [0.1, 0.15) is 17.9 Å². The zero-order chi connectivity index (χ0) is 20.6. The molecule has 1 aromatic carbocycles. The Labute approximate surface area is 157 Å². The van der Waals surface area contributed by atoms with Crippen molar-refractivity contribution in [2.45, 2.75) is 26.1 Å². The van der Waals surface area contributed by atoms with E-state index in [-0.39, 0.29) is 16.9 Å². The maximum absolute atomic E-state index is 12.9. The van der Waals surface area contributed by atoms with E-state index in [0.29, 0.717) is 5.76 Å². The molecule has 148 valence electrons. The Morgan fingerprint density at radius 3 is 2.61 bits per heavy atom. The number of hydrogen-bond donors (Lipinski definition) is 1. The quantitative estimate of drug-likeness (QED) is 0.806. The molecule has 2 amide bonds. The molecule has 0 fully saturated rings. The highest BCUT2D eigenvalue weighted by Crippen LogP contribution is 2.37. The molecule has 1 unspecified atom stereocenters. The largest absolute Gasteiger partial charge is 0.469 e. The third kappa shape index (κ3) is 3.71. The first-order valence-electron chi connectivity index (χ1n) is 8.15. The average molecular weight is 396 g/mol. The molecule has 10 heteroatoms. The molecule has 0 aliphatic carbocycles. The number of carbonyl (C=O) groups excluding carboxylic acids is 3. The van der Waals surface area contributed by atoms with Gasteiger partial charge in [-0.2, -0.15) is 13.2 Å². The third-order valence-corrected chi connectivity index (χ3v) is 4.17. The van der Waals surface area contributed by atoms with E-state index < -0.39 is 42.2 Å². The molecule has 7 nitrogen and oxygen atoms in total. The van der Waals surface area contributed by atoms with Crippen LogP contribution in [0.4, 0.5) is 24.5 Å². The highest BCUT2D eigenvalue weighted by molar-refractivity contribution is 6.11. The molecule has 0 bridgehead atoms. The minimum atomic E-state index is -4.60. The van der Waals surface area contributed by atoms with Crippen LogP contribution in [0.3, 0.4) is 0 Å². The number of ether oxygens (including phenoxy) is 1. The fourth-order valence-electron chi connectivity index (χ4n) is 2.75. The number of hydrogen-bond acceptors (Lipinski definition) is 5. The van der Waals surface area contributed by atoms with Crippen LogP contribution < -0.4 is 10.2 Å². The molecule has 3 rings (SSSR count). The Kier molecular flexibility index (Phi) is 4.88. The van der Waals surface area contributed by atoms with E-state index in [4.69, 9.17) is 9.15 Å². The van der Waals surface area contributed by atoms with Gasteiger partial charge in [-0.05, 0) is 38.1 Å². The fraction of sp³-hybridized carbons (Fsp3) is 0.278. The summed E-state index contributed by atoms with van der Waals surface area (Å²) in [6.07, 6.45) is -4.58. The molecule has 0 saturated heterocycles. The molecule has 0 spiro atoms. The molecular weight excluding hydrogens is 381 g/mol. The van der Waals surface area contributed by atoms with Crippen LogP contribution in [0.1, 0.15) is 28.6 Å². The van der Waals surface area contributed by atoms with E-state index in [2.05, 4.69) is 5.32 Å². The van der Waals surface area contributed by atoms with E-state index >= 15 is 0 Å². The van der Waals surface area contributed by atoms with Crippen molar-refractivity contribution < 1.29 is 36.7 Å². The Hall–Kier alpha value is -3.30. The SMILES string of the molecule is Cc1occc1C(=O)OC(C)C(=O)N1CC(=O)Nc2cc(C(F)(F)F)ccc21. The maximum Gasteiger partial charge on any atom is 0.416 e. The topological polar surface area (TPSA) is 88.8 Å². The summed E-state index contributed by atoms with van der Waals surface area (Å²) in [6, 6.07) is 4.03. The van der Waals surface area contributed by atoms with Crippen LogP contribution in [0.5, 0.6) is 0 Å². The third-order valence-electron chi connectivity index (χ3n) is 4.17. The number of nitrogens with one attached hydrogen (secondary N) is 1. The summed E-state index contributed by atoms with van der Waals surface area (Å²) >= 11 is 0. The number of fused-ring (bicyclic) bond motifs is 1. The van der Waals surface area contributed by atoms with Crippen molar-refractivity contribution in [3.8, 4) is 0 Å². The van der Waals surface area contributed by atoms with Crippen LogP contribution in [-0.2, 0) is 20.5 Å². The second-order valence-electron chi connectivity index (χ2n) is 6.14. The lowest BCUT2D eigenvalue weighted by Crippen LogP contribution is -2.47. The first-order valence-corrected chi connectivity index (χ1v) is 8.15. The number of furan rings is 1. The number of rotatable bonds is 3. The van der Waals surface area contributed by atoms with Gasteiger partial charge in [-0.3, -0.25) is 14.5 Å². The number of anilines is 2. The van der Waals surface area contributed by atoms with E-state index in [1.165, 1.54) is 19.3 Å². The first-order chi connectivity index (χ1) is 13.1. The van der Waals surface area contributed by atoms with Crippen LogP contribution in [0.25, 0.3) is 0 Å². The molecule has 1 N–H and O–H groups in total. The normalized spacial score (nSPS) is 14.9. The van der Waals surface area contributed by atoms with Gasteiger partial charge in [-0.25, -0.2) is 4.79 Å². The summed E-state index contributed by atoms with van der Waals surface area (Å²) in [5, 5.41) is 2.31. The molecule has 0 radical (unpaired) electrons. The number of nitrogens with zero attached hydrogens (tertiary/aromatic N) is 1. The standard InChI is InChI=1S/C18H15F3N2O5/c1-9-12(5-6-27-9)17(26)28-10(2)16(25)23-8-15(24)22-13-7-11(18(19,20)21)3-4-14(13)23/h3-7,10H,8H2,1-2H3,(H,22,24). The summed E-state index contributed by atoms with van der Waals surface area (Å²) in [5.41, 5.74) is -0.884. The van der Waals surface area contributed by atoms with Crippen molar-refractivity contribution in [2.75, 3.05) is 16.8 Å². The van der Waals surface area contributed by atoms with Crippen LogP contribution in [-0.4, -0.2) is 30.4 Å². The zero-order valence-corrected chi connectivity index (χ0v) is 14.8. The Balaban J connectivity index is 1.83. The van der Waals surface area contributed by atoms with Gasteiger partial charge in [-0.15, -0.1) is 0 Å². The van der Waals surface area contributed by atoms with Crippen molar-refractivity contribution in [1.82, 2.24) is 0 Å². The van der Waals surface area contributed by atoms with Gasteiger partial charge in [0.15, 0.2) is 6.10 Å². The molecule has 1 aromatic heterocycles. The number of esters is 1. The highest BCUT2D eigenvalue weighted by Gasteiger charge is 2.35. The molecular formula is C18H15F3N2O5. The second-order valence-corrected chi connectivity index (χ2v) is 6.14. The van der Waals surface area contributed by atoms with E-state index in [1.54, 1.807) is 6.92 Å². The smallest absolute Gasteiger partial charge is 0.416 e. The minimum Gasteiger partial charge on any atom is -0.469 e. The Bertz CT molecular complexity index is 951. The van der Waals surface area contributed by atoms with Crippen molar-refractivity contribution in [3.63, 3.8) is 0 Å². The van der Waals surface area contributed by atoms with Crippen molar-refractivity contribution in [2.24, 2.45) is 0 Å². The molecule has 1 aliphatic heterocycles. The van der Waals surface area contributed by atoms with Gasteiger partial charge >= 0.3 is 12.1 Å². The number of amides is 2. The van der Waals surface area contributed by atoms with Gasteiger partial charge in [-0.1, -0.05) is 0 Å². The molecule has 1 aliphatic rings. The number of alkyl halides is 3. The van der Waals surface area contributed by atoms with Crippen molar-refractivity contribution >= 4 is 29.2 Å². The van der Waals surface area contributed by atoms with Crippen LogP contribution in [0.2, 0.25) is 0 Å². The Morgan fingerprint density at radius 1 is 1.29 bits per heavy atom. The summed E-state index contributed by atoms with van der Waals surface area (Å²) in [5.74, 6) is -1.89. The van der Waals surface area contributed by atoms with E-state index in [9.17, 15) is 27.6 Å². The first kappa shape index (κ1) is 19.5. The lowest BCUT2D eigenvalue weighted by atomic mass is 10.1. The molecule has 2 heterocycles. The highest BCUT2D eigenvalue weighted by atomic mass is 19.4. The van der Waals surface area contributed by atoms with Gasteiger partial charge in [0.05, 0.1) is 23.2 Å². The Morgan fingerprint density at radius 2 is 2.00 bits per heavy atom. The summed E-state index contributed by atoms with van der Waals surface area (Å²) in [6.45, 7) is 2.45. The summed E-state index contributed by atoms with van der Waals surface area (Å²) < 4.78 is 48.8. The lowest BCUT2D eigenvalue weighted by Gasteiger charge is -2.31. The van der Waals surface area contributed by atoms with Gasteiger partial charge in [0, 0.05) is 0 Å². The van der Waals surface area contributed by atoms with Gasteiger partial charge in [0.25, 0.3) is 5.91 Å². The van der Waals surface area contributed by atoms with Crippen molar-refractivity contribution in [1.29, 1.82) is 0 Å². The predicted octanol–water partition coefficient (Wildman–Crippen LogP) is 3.14. The maximum atomic E-state index is 12.9. The average Bonchev–Trinajstić information content (AvgIpc) is 3.05. The fourth-order valence-corrected chi connectivity index (χ4v) is 2.75. The molecule has 2 aromatic rings. The monoisotopic (exact) mass is 396 g/mol. The second kappa shape index (κ2) is 7.02. The van der Waals surface area contributed by atoms with Crippen LogP contribution in [0.15, 0.2) is 34.9 Å². The number of aryl methyl sites for hydroxylation is 1. The number of halogens is 3. The minimum absolute atomic E-state index is 0.0833. The number of benzene rings is 1. The molecule has 0 saturated carbocycles. The summed E-state index contributed by atoms with van der Waals surface area (Å²) in [4.78, 5) is 37.7.